The minimum atomic E-state index is -0.259. The minimum absolute atomic E-state index is 0.259. The molecular weight excluding hydrogens is 310 g/mol. The fourth-order valence-electron chi connectivity index (χ4n) is 1.90. The van der Waals surface area contributed by atoms with E-state index in [1.807, 2.05) is 0 Å². The summed E-state index contributed by atoms with van der Waals surface area (Å²) in [6, 6.07) is 10.2. The van der Waals surface area contributed by atoms with Gasteiger partial charge in [0.2, 0.25) is 0 Å². The third-order valence-corrected chi connectivity index (χ3v) is 3.72. The number of hydrogen-bond acceptors (Lipinski definition) is 5. The highest BCUT2D eigenvalue weighted by atomic mass is 35.5. The van der Waals surface area contributed by atoms with E-state index in [9.17, 15) is 4.79 Å². The summed E-state index contributed by atoms with van der Waals surface area (Å²) < 4.78 is 13.4. The lowest BCUT2D eigenvalue weighted by atomic mass is 10.2. The molecule has 0 saturated carbocycles. The van der Waals surface area contributed by atoms with Crippen LogP contribution in [-0.2, 0) is 0 Å². The second-order valence-electron chi connectivity index (χ2n) is 4.27. The Morgan fingerprint density at radius 2 is 2.00 bits per heavy atom. The largest absolute Gasteiger partial charge is 0.495 e. The molecule has 0 aliphatic carbocycles. The number of benzene rings is 2. The van der Waals surface area contributed by atoms with Crippen LogP contribution in [0.5, 0.6) is 5.75 Å². The summed E-state index contributed by atoms with van der Waals surface area (Å²) in [7, 11) is 1.53. The Labute approximate surface area is 129 Å². The number of nitrogens with zero attached hydrogens (tertiary/aromatic N) is 2. The third-order valence-electron chi connectivity index (χ3n) is 2.93. The SMILES string of the molecule is COc1ccc(Cl)cc1NC(=O)c1ccc2nsnc2c1. The molecule has 0 aliphatic heterocycles. The van der Waals surface area contributed by atoms with Crippen LogP contribution in [-0.4, -0.2) is 21.8 Å². The van der Waals surface area contributed by atoms with Gasteiger partial charge in [0, 0.05) is 10.6 Å². The number of hydrogen-bond donors (Lipinski definition) is 1. The molecule has 2 aromatic carbocycles. The molecule has 0 atom stereocenters. The standard InChI is InChI=1S/C14H10ClN3O2S/c1-20-13-5-3-9(15)7-12(13)16-14(19)8-2-4-10-11(6-8)18-21-17-10/h2-7H,1H3,(H,16,19). The highest BCUT2D eigenvalue weighted by Crippen LogP contribution is 2.28. The highest BCUT2D eigenvalue weighted by Gasteiger charge is 2.11. The van der Waals surface area contributed by atoms with E-state index in [1.165, 1.54) is 7.11 Å². The van der Waals surface area contributed by atoms with Crippen molar-refractivity contribution < 1.29 is 9.53 Å². The average molecular weight is 320 g/mol. The van der Waals surface area contributed by atoms with Gasteiger partial charge in [-0.15, -0.1) is 0 Å². The van der Waals surface area contributed by atoms with Crippen molar-refractivity contribution in [3.63, 3.8) is 0 Å². The molecule has 1 N–H and O–H groups in total. The molecule has 0 radical (unpaired) electrons. The number of carbonyl (C=O) groups excluding carboxylic acids is 1. The summed E-state index contributed by atoms with van der Waals surface area (Å²) in [5.41, 5.74) is 2.49. The number of anilines is 1. The van der Waals surface area contributed by atoms with Crippen LogP contribution in [0.15, 0.2) is 36.4 Å². The van der Waals surface area contributed by atoms with Crippen molar-refractivity contribution >= 4 is 46.0 Å². The van der Waals surface area contributed by atoms with Crippen molar-refractivity contribution in [2.75, 3.05) is 12.4 Å². The summed E-state index contributed by atoms with van der Waals surface area (Å²) in [5, 5.41) is 3.30. The number of fused-ring (bicyclic) bond motifs is 1. The lowest BCUT2D eigenvalue weighted by molar-refractivity contribution is 0.102. The van der Waals surface area contributed by atoms with Crippen LogP contribution < -0.4 is 10.1 Å². The summed E-state index contributed by atoms with van der Waals surface area (Å²) >= 11 is 7.06. The molecule has 7 heteroatoms. The molecule has 0 spiro atoms. The maximum atomic E-state index is 12.3. The minimum Gasteiger partial charge on any atom is -0.495 e. The summed E-state index contributed by atoms with van der Waals surface area (Å²) in [6.07, 6.45) is 0. The van der Waals surface area contributed by atoms with E-state index in [4.69, 9.17) is 16.3 Å². The molecule has 3 aromatic rings. The van der Waals surface area contributed by atoms with Gasteiger partial charge in [-0.25, -0.2) is 0 Å². The molecule has 3 rings (SSSR count). The van der Waals surface area contributed by atoms with E-state index in [0.29, 0.717) is 27.5 Å². The van der Waals surface area contributed by atoms with Crippen molar-refractivity contribution in [3.05, 3.63) is 47.0 Å². The van der Waals surface area contributed by atoms with Gasteiger partial charge in [0.1, 0.15) is 16.8 Å². The number of carbonyl (C=O) groups is 1. The van der Waals surface area contributed by atoms with Gasteiger partial charge >= 0.3 is 0 Å². The van der Waals surface area contributed by atoms with Gasteiger partial charge in [0.05, 0.1) is 24.5 Å². The smallest absolute Gasteiger partial charge is 0.255 e. The van der Waals surface area contributed by atoms with E-state index < -0.39 is 0 Å². The number of amides is 1. The van der Waals surface area contributed by atoms with Crippen LogP contribution >= 0.6 is 23.3 Å². The van der Waals surface area contributed by atoms with E-state index >= 15 is 0 Å². The Morgan fingerprint density at radius 3 is 2.81 bits per heavy atom. The van der Waals surface area contributed by atoms with Gasteiger partial charge < -0.3 is 10.1 Å². The van der Waals surface area contributed by atoms with Gasteiger partial charge in [-0.1, -0.05) is 11.6 Å². The number of aromatic nitrogens is 2. The molecule has 0 fully saturated rings. The Balaban J connectivity index is 1.90. The fraction of sp³-hybridized carbons (Fsp3) is 0.0714. The van der Waals surface area contributed by atoms with Crippen LogP contribution in [0.4, 0.5) is 5.69 Å². The second kappa shape index (κ2) is 5.67. The zero-order chi connectivity index (χ0) is 14.8. The van der Waals surface area contributed by atoms with Gasteiger partial charge in [-0.2, -0.15) is 8.75 Å². The molecule has 1 amide bonds. The van der Waals surface area contributed by atoms with Crippen LogP contribution in [0.1, 0.15) is 10.4 Å². The van der Waals surface area contributed by atoms with Gasteiger partial charge in [0.25, 0.3) is 5.91 Å². The number of halogens is 1. The molecule has 1 aromatic heterocycles. The molecule has 0 saturated heterocycles. The fourth-order valence-corrected chi connectivity index (χ4v) is 2.59. The first-order valence-electron chi connectivity index (χ1n) is 6.04. The van der Waals surface area contributed by atoms with Crippen LogP contribution in [0, 0.1) is 0 Å². The number of rotatable bonds is 3. The summed E-state index contributed by atoms with van der Waals surface area (Å²) in [6.45, 7) is 0. The Morgan fingerprint density at radius 1 is 1.19 bits per heavy atom. The van der Waals surface area contributed by atoms with Crippen molar-refractivity contribution in [1.82, 2.24) is 8.75 Å². The predicted molar refractivity (Wildman–Crippen MR) is 83.4 cm³/mol. The third kappa shape index (κ3) is 2.81. The molecule has 21 heavy (non-hydrogen) atoms. The number of methoxy groups -OCH3 is 1. The molecule has 0 unspecified atom stereocenters. The first-order chi connectivity index (χ1) is 10.2. The topological polar surface area (TPSA) is 64.1 Å². The summed E-state index contributed by atoms with van der Waals surface area (Å²) in [4.78, 5) is 12.3. The Bertz CT molecular complexity index is 819. The normalized spacial score (nSPS) is 10.6. The van der Waals surface area contributed by atoms with Crippen molar-refractivity contribution in [2.24, 2.45) is 0 Å². The lowest BCUT2D eigenvalue weighted by Gasteiger charge is -2.10. The number of ether oxygens (including phenoxy) is 1. The van der Waals surface area contributed by atoms with Crippen LogP contribution in [0.3, 0.4) is 0 Å². The monoisotopic (exact) mass is 319 g/mol. The lowest BCUT2D eigenvalue weighted by Crippen LogP contribution is -2.12. The van der Waals surface area contributed by atoms with Gasteiger partial charge in [-0.05, 0) is 36.4 Å². The van der Waals surface area contributed by atoms with Crippen molar-refractivity contribution in [1.29, 1.82) is 0 Å². The average Bonchev–Trinajstić information content (AvgIpc) is 2.94. The Hall–Kier alpha value is -2.18. The first kappa shape index (κ1) is 13.8. The van der Waals surface area contributed by atoms with E-state index in [-0.39, 0.29) is 5.91 Å². The van der Waals surface area contributed by atoms with E-state index in [0.717, 1.165) is 17.2 Å². The number of nitrogens with one attached hydrogen (secondary N) is 1. The Kier molecular flexibility index (Phi) is 3.72. The van der Waals surface area contributed by atoms with E-state index in [1.54, 1.807) is 36.4 Å². The molecular formula is C14H10ClN3O2S. The maximum Gasteiger partial charge on any atom is 0.255 e. The van der Waals surface area contributed by atoms with Crippen molar-refractivity contribution in [2.45, 2.75) is 0 Å². The molecule has 5 nitrogen and oxygen atoms in total. The van der Waals surface area contributed by atoms with E-state index in [2.05, 4.69) is 14.1 Å². The zero-order valence-corrected chi connectivity index (χ0v) is 12.5. The molecule has 0 aliphatic rings. The predicted octanol–water partition coefficient (Wildman–Crippen LogP) is 3.61. The zero-order valence-electron chi connectivity index (χ0n) is 11.0. The summed E-state index contributed by atoms with van der Waals surface area (Å²) in [5.74, 6) is 0.287. The van der Waals surface area contributed by atoms with Crippen LogP contribution in [0.2, 0.25) is 5.02 Å². The second-order valence-corrected chi connectivity index (χ2v) is 5.23. The first-order valence-corrected chi connectivity index (χ1v) is 7.15. The van der Waals surface area contributed by atoms with Crippen molar-refractivity contribution in [3.8, 4) is 5.75 Å². The van der Waals surface area contributed by atoms with Gasteiger partial charge in [0.15, 0.2) is 0 Å². The maximum absolute atomic E-state index is 12.3. The quantitative estimate of drug-likeness (QED) is 0.801. The molecule has 1 heterocycles. The molecule has 0 bridgehead atoms. The van der Waals surface area contributed by atoms with Gasteiger partial charge in [-0.3, -0.25) is 4.79 Å². The van der Waals surface area contributed by atoms with Crippen LogP contribution in [0.25, 0.3) is 11.0 Å². The molecule has 106 valence electrons. The highest BCUT2D eigenvalue weighted by molar-refractivity contribution is 7.00.